The molecule has 17 heavy (non-hydrogen) atoms. The lowest BCUT2D eigenvalue weighted by molar-refractivity contribution is 0.0939. The van der Waals surface area contributed by atoms with Gasteiger partial charge in [-0.05, 0) is 25.5 Å². The fourth-order valence-corrected chi connectivity index (χ4v) is 1.95. The lowest BCUT2D eigenvalue weighted by Gasteiger charge is -2.12. The monoisotopic (exact) mass is 255 g/mol. The molecule has 2 unspecified atom stereocenters. The molecule has 0 aliphatic heterocycles. The van der Waals surface area contributed by atoms with E-state index in [9.17, 15) is 9.00 Å². The molecule has 6 heteroatoms. The molecule has 94 valence electrons. The summed E-state index contributed by atoms with van der Waals surface area (Å²) < 4.78 is 10.9. The fourth-order valence-electron chi connectivity index (χ4n) is 1.26. The summed E-state index contributed by atoms with van der Waals surface area (Å²) in [7, 11) is -0.829. The Morgan fingerprint density at radius 1 is 1.59 bits per heavy atom. The maximum atomic E-state index is 11.7. The molecule has 1 heterocycles. The summed E-state index contributed by atoms with van der Waals surface area (Å²) >= 11 is 0. The minimum Gasteiger partial charge on any atom is -0.384 e. The van der Waals surface area contributed by atoms with E-state index in [1.165, 1.54) is 6.20 Å². The van der Waals surface area contributed by atoms with Gasteiger partial charge in [0.25, 0.3) is 5.91 Å². The number of hydrogen-bond acceptors (Lipinski definition) is 4. The van der Waals surface area contributed by atoms with Crippen molar-refractivity contribution < 1.29 is 9.00 Å². The quantitative estimate of drug-likeness (QED) is 0.804. The summed E-state index contributed by atoms with van der Waals surface area (Å²) in [5, 5.41) is 2.82. The Labute approximate surface area is 103 Å². The predicted molar refractivity (Wildman–Crippen MR) is 69.1 cm³/mol. The van der Waals surface area contributed by atoms with Crippen molar-refractivity contribution in [2.75, 3.05) is 17.7 Å². The molecule has 0 aromatic carbocycles. The first-order valence-corrected chi connectivity index (χ1v) is 7.04. The summed E-state index contributed by atoms with van der Waals surface area (Å²) in [4.78, 5) is 15.6. The molecular weight excluding hydrogens is 238 g/mol. The Morgan fingerprint density at radius 3 is 2.82 bits per heavy atom. The van der Waals surface area contributed by atoms with Crippen molar-refractivity contribution in [3.8, 4) is 0 Å². The Kier molecular flexibility index (Phi) is 5.09. The Bertz CT molecular complexity index is 406. The van der Waals surface area contributed by atoms with E-state index < -0.39 is 10.8 Å². The summed E-state index contributed by atoms with van der Waals surface area (Å²) in [5.74, 6) is 0.782. The summed E-state index contributed by atoms with van der Waals surface area (Å²) in [6.45, 7) is 1.88. The zero-order valence-corrected chi connectivity index (χ0v) is 10.8. The molecular formula is C11H17N3O2S. The van der Waals surface area contributed by atoms with Crippen molar-refractivity contribution in [2.24, 2.45) is 0 Å². The van der Waals surface area contributed by atoms with Gasteiger partial charge < -0.3 is 11.1 Å². The van der Waals surface area contributed by atoms with Crippen LogP contribution < -0.4 is 11.1 Å². The van der Waals surface area contributed by atoms with E-state index in [4.69, 9.17) is 5.73 Å². The first-order valence-electron chi connectivity index (χ1n) is 5.31. The minimum atomic E-state index is -0.829. The van der Waals surface area contributed by atoms with Crippen LogP contribution in [0.15, 0.2) is 18.3 Å². The van der Waals surface area contributed by atoms with Crippen molar-refractivity contribution in [2.45, 2.75) is 19.4 Å². The topological polar surface area (TPSA) is 85.1 Å². The molecule has 1 amide bonds. The molecule has 0 saturated heterocycles. The molecule has 1 aromatic heterocycles. The highest BCUT2D eigenvalue weighted by molar-refractivity contribution is 7.84. The van der Waals surface area contributed by atoms with Crippen LogP contribution in [0, 0.1) is 0 Å². The van der Waals surface area contributed by atoms with Crippen molar-refractivity contribution in [3.05, 3.63) is 23.9 Å². The van der Waals surface area contributed by atoms with E-state index in [1.54, 1.807) is 18.4 Å². The van der Waals surface area contributed by atoms with Crippen molar-refractivity contribution >= 4 is 22.5 Å². The normalized spacial score (nSPS) is 14.0. The number of pyridine rings is 1. The van der Waals surface area contributed by atoms with Gasteiger partial charge in [-0.1, -0.05) is 0 Å². The largest absolute Gasteiger partial charge is 0.384 e. The number of hydrogen-bond donors (Lipinski definition) is 2. The molecule has 0 aliphatic carbocycles. The second-order valence-corrected chi connectivity index (χ2v) is 5.47. The smallest absolute Gasteiger partial charge is 0.253 e. The second kappa shape index (κ2) is 6.34. The number of carbonyl (C=O) groups is 1. The standard InChI is InChI=1S/C11H17N3O2S/c1-8(5-6-17(2)16)14-11(15)9-3-4-10(12)13-7-9/h3-4,7-8H,5-6H2,1-2H3,(H2,12,13)(H,14,15). The average Bonchev–Trinajstić information content (AvgIpc) is 2.27. The lowest BCUT2D eigenvalue weighted by Crippen LogP contribution is -2.33. The molecule has 0 bridgehead atoms. The first-order chi connectivity index (χ1) is 7.99. The van der Waals surface area contributed by atoms with Crippen molar-refractivity contribution in [3.63, 3.8) is 0 Å². The van der Waals surface area contributed by atoms with E-state index in [1.807, 2.05) is 6.92 Å². The van der Waals surface area contributed by atoms with Crippen LogP contribution in [0.5, 0.6) is 0 Å². The van der Waals surface area contributed by atoms with Gasteiger partial charge in [0.2, 0.25) is 0 Å². The maximum absolute atomic E-state index is 11.7. The molecule has 3 N–H and O–H groups in total. The Hall–Kier alpha value is -1.43. The van der Waals surface area contributed by atoms with Crippen LogP contribution in [0.25, 0.3) is 0 Å². The SMILES string of the molecule is CC(CCS(C)=O)NC(=O)c1ccc(N)nc1. The zero-order valence-electron chi connectivity index (χ0n) is 9.97. The van der Waals surface area contributed by atoms with Crippen LogP contribution in [0.4, 0.5) is 5.82 Å². The summed E-state index contributed by atoms with van der Waals surface area (Å²) in [6, 6.07) is 3.20. The molecule has 1 rings (SSSR count). The van der Waals surface area contributed by atoms with E-state index in [-0.39, 0.29) is 11.9 Å². The molecule has 0 fully saturated rings. The number of amides is 1. The van der Waals surface area contributed by atoms with Gasteiger partial charge in [0.1, 0.15) is 5.82 Å². The van der Waals surface area contributed by atoms with Gasteiger partial charge in [-0.2, -0.15) is 0 Å². The molecule has 0 saturated carbocycles. The van der Waals surface area contributed by atoms with Gasteiger partial charge in [-0.25, -0.2) is 4.98 Å². The van der Waals surface area contributed by atoms with Gasteiger partial charge >= 0.3 is 0 Å². The van der Waals surface area contributed by atoms with Crippen LogP contribution >= 0.6 is 0 Å². The molecule has 1 aromatic rings. The average molecular weight is 255 g/mol. The third-order valence-electron chi connectivity index (χ3n) is 2.26. The zero-order chi connectivity index (χ0) is 12.8. The first kappa shape index (κ1) is 13.6. The number of nitrogens with zero attached hydrogens (tertiary/aromatic N) is 1. The summed E-state index contributed by atoms with van der Waals surface area (Å²) in [6.07, 6.45) is 3.78. The summed E-state index contributed by atoms with van der Waals surface area (Å²) in [5.41, 5.74) is 5.91. The molecule has 5 nitrogen and oxygen atoms in total. The molecule has 0 spiro atoms. The molecule has 0 radical (unpaired) electrons. The number of aromatic nitrogens is 1. The van der Waals surface area contributed by atoms with Crippen molar-refractivity contribution in [1.29, 1.82) is 0 Å². The van der Waals surface area contributed by atoms with E-state index >= 15 is 0 Å². The third-order valence-corrected chi connectivity index (χ3v) is 3.07. The van der Waals surface area contributed by atoms with Gasteiger partial charge in [-0.15, -0.1) is 0 Å². The van der Waals surface area contributed by atoms with Crippen LogP contribution in [-0.2, 0) is 10.8 Å². The van der Waals surface area contributed by atoms with E-state index in [2.05, 4.69) is 10.3 Å². The van der Waals surface area contributed by atoms with Crippen LogP contribution in [0.3, 0.4) is 0 Å². The third kappa shape index (κ3) is 4.95. The number of carbonyl (C=O) groups excluding carboxylic acids is 1. The highest BCUT2D eigenvalue weighted by atomic mass is 32.2. The fraction of sp³-hybridized carbons (Fsp3) is 0.455. The van der Waals surface area contributed by atoms with Crippen LogP contribution in [-0.4, -0.2) is 33.2 Å². The molecule has 0 aliphatic rings. The van der Waals surface area contributed by atoms with Gasteiger partial charge in [-0.3, -0.25) is 9.00 Å². The number of anilines is 1. The lowest BCUT2D eigenvalue weighted by atomic mass is 10.2. The van der Waals surface area contributed by atoms with E-state index in [0.717, 1.165) is 0 Å². The Morgan fingerprint density at radius 2 is 2.29 bits per heavy atom. The molecule has 2 atom stereocenters. The van der Waals surface area contributed by atoms with Crippen LogP contribution in [0.1, 0.15) is 23.7 Å². The Balaban J connectivity index is 2.48. The number of nitrogens with one attached hydrogen (secondary N) is 1. The van der Waals surface area contributed by atoms with Crippen LogP contribution in [0.2, 0.25) is 0 Å². The number of nitrogen functional groups attached to an aromatic ring is 1. The predicted octanol–water partition coefficient (Wildman–Crippen LogP) is 0.551. The van der Waals surface area contributed by atoms with Gasteiger partial charge in [0, 0.05) is 35.0 Å². The number of rotatable bonds is 5. The highest BCUT2D eigenvalue weighted by Gasteiger charge is 2.10. The van der Waals surface area contributed by atoms with Gasteiger partial charge in [0.15, 0.2) is 0 Å². The highest BCUT2D eigenvalue weighted by Crippen LogP contribution is 2.02. The maximum Gasteiger partial charge on any atom is 0.253 e. The second-order valence-electron chi connectivity index (χ2n) is 3.91. The minimum absolute atomic E-state index is 0.0102. The number of nitrogens with two attached hydrogens (primary N) is 1. The van der Waals surface area contributed by atoms with Crippen molar-refractivity contribution in [1.82, 2.24) is 10.3 Å². The van der Waals surface area contributed by atoms with Gasteiger partial charge in [0.05, 0.1) is 5.56 Å². The van der Waals surface area contributed by atoms with E-state index in [0.29, 0.717) is 23.6 Å².